The zero-order valence-electron chi connectivity index (χ0n) is 16.9. The molecular weight excluding hydrogens is 462 g/mol. The van der Waals surface area contributed by atoms with Crippen LogP contribution >= 0.6 is 11.6 Å². The van der Waals surface area contributed by atoms with E-state index in [0.717, 1.165) is 0 Å². The highest BCUT2D eigenvalue weighted by atomic mass is 35.5. The quantitative estimate of drug-likeness (QED) is 0.373. The molecule has 33 heavy (non-hydrogen) atoms. The zero-order valence-corrected chi connectivity index (χ0v) is 18.5. The highest BCUT2D eigenvalue weighted by Crippen LogP contribution is 2.35. The number of phenols is 1. The summed E-state index contributed by atoms with van der Waals surface area (Å²) in [7, 11) is -4.10. The molecule has 164 valence electrons. The number of sulfone groups is 1. The molecule has 0 aliphatic heterocycles. The molecule has 0 unspecified atom stereocenters. The van der Waals surface area contributed by atoms with E-state index >= 15 is 0 Å². The average molecular weight is 478 g/mol. The van der Waals surface area contributed by atoms with Gasteiger partial charge in [-0.1, -0.05) is 41.9 Å². The molecule has 0 spiro atoms. The largest absolute Gasteiger partial charge is 0.508 e. The van der Waals surface area contributed by atoms with Crippen molar-refractivity contribution in [3.63, 3.8) is 0 Å². The van der Waals surface area contributed by atoms with Gasteiger partial charge in [0.25, 0.3) is 0 Å². The molecule has 3 N–H and O–H groups in total. The molecule has 3 aromatic carbocycles. The van der Waals surface area contributed by atoms with Crippen LogP contribution in [0, 0.1) is 0 Å². The van der Waals surface area contributed by atoms with Crippen LogP contribution in [0.3, 0.4) is 0 Å². The fourth-order valence-corrected chi connectivity index (χ4v) is 5.27. The number of benzene rings is 3. The summed E-state index contributed by atoms with van der Waals surface area (Å²) < 4.78 is 28.4. The average Bonchev–Trinajstić information content (AvgIpc) is 3.07. The Morgan fingerprint density at radius 2 is 1.70 bits per heavy atom. The first-order valence-corrected chi connectivity index (χ1v) is 11.6. The van der Waals surface area contributed by atoms with Gasteiger partial charge in [0.1, 0.15) is 22.0 Å². The molecule has 0 aliphatic rings. The van der Waals surface area contributed by atoms with Crippen molar-refractivity contribution in [1.29, 1.82) is 0 Å². The Bertz CT molecular complexity index is 1680. The number of para-hydroxylation sites is 2. The van der Waals surface area contributed by atoms with Crippen LogP contribution in [0.2, 0.25) is 5.02 Å². The molecule has 0 amide bonds. The lowest BCUT2D eigenvalue weighted by Gasteiger charge is -2.05. The number of hydrogen-bond acceptors (Lipinski definition) is 7. The highest BCUT2D eigenvalue weighted by Gasteiger charge is 2.30. The minimum absolute atomic E-state index is 0.0207. The van der Waals surface area contributed by atoms with Crippen molar-refractivity contribution in [3.05, 3.63) is 83.4 Å². The van der Waals surface area contributed by atoms with Crippen LogP contribution in [0.1, 0.15) is 5.56 Å². The first-order chi connectivity index (χ1) is 15.8. The third-order valence-corrected chi connectivity index (χ3v) is 7.05. The van der Waals surface area contributed by atoms with Crippen LogP contribution in [0.4, 0.5) is 5.82 Å². The number of aromatic hydroxyl groups is 1. The van der Waals surface area contributed by atoms with Crippen molar-refractivity contribution in [2.24, 2.45) is 5.10 Å². The number of nitrogens with zero attached hydrogens (tertiary/aromatic N) is 4. The van der Waals surface area contributed by atoms with Crippen LogP contribution in [-0.4, -0.2) is 34.4 Å². The lowest BCUT2D eigenvalue weighted by Crippen LogP contribution is -2.06. The van der Waals surface area contributed by atoms with Crippen molar-refractivity contribution in [1.82, 2.24) is 14.6 Å². The number of halogens is 1. The van der Waals surface area contributed by atoms with E-state index in [9.17, 15) is 13.5 Å². The van der Waals surface area contributed by atoms with E-state index in [1.54, 1.807) is 48.5 Å². The van der Waals surface area contributed by atoms with Gasteiger partial charge in [-0.15, -0.1) is 0 Å². The molecule has 0 saturated heterocycles. The molecule has 0 atom stereocenters. The first-order valence-electron chi connectivity index (χ1n) is 9.75. The highest BCUT2D eigenvalue weighted by molar-refractivity contribution is 7.92. The van der Waals surface area contributed by atoms with Crippen LogP contribution in [0.25, 0.3) is 22.2 Å². The van der Waals surface area contributed by atoms with E-state index in [-0.39, 0.29) is 37.5 Å². The van der Waals surface area contributed by atoms with E-state index in [0.29, 0.717) is 16.6 Å². The number of aromatic nitrogens is 3. The van der Waals surface area contributed by atoms with E-state index in [4.69, 9.17) is 17.3 Å². The van der Waals surface area contributed by atoms with E-state index in [2.05, 4.69) is 15.1 Å². The summed E-state index contributed by atoms with van der Waals surface area (Å²) in [5.74, 6) is -0.0732. The Kier molecular flexibility index (Phi) is 4.99. The van der Waals surface area contributed by atoms with Gasteiger partial charge in [0.05, 0.1) is 22.1 Å². The van der Waals surface area contributed by atoms with Gasteiger partial charge in [0.15, 0.2) is 5.65 Å². The zero-order chi connectivity index (χ0) is 23.2. The summed E-state index contributed by atoms with van der Waals surface area (Å²) in [4.78, 5) is 8.91. The Morgan fingerprint density at radius 1 is 0.970 bits per heavy atom. The van der Waals surface area contributed by atoms with Crippen LogP contribution in [-0.2, 0) is 9.84 Å². The van der Waals surface area contributed by atoms with Gasteiger partial charge in [-0.05, 0) is 48.0 Å². The monoisotopic (exact) mass is 477 g/mol. The van der Waals surface area contributed by atoms with Gasteiger partial charge < -0.3 is 10.8 Å². The van der Waals surface area contributed by atoms with Gasteiger partial charge in [-0.3, -0.25) is 0 Å². The minimum Gasteiger partial charge on any atom is -0.508 e. The second kappa shape index (κ2) is 7.88. The molecule has 10 heteroatoms. The summed E-state index contributed by atoms with van der Waals surface area (Å²) in [6.07, 6.45) is 1.45. The molecule has 5 aromatic rings. The number of rotatable bonds is 4. The van der Waals surface area contributed by atoms with Gasteiger partial charge in [-0.2, -0.15) is 9.78 Å². The van der Waals surface area contributed by atoms with Gasteiger partial charge in [0.2, 0.25) is 9.84 Å². The molecule has 0 bridgehead atoms. The van der Waals surface area contributed by atoms with Crippen molar-refractivity contribution in [2.45, 2.75) is 9.79 Å². The fourth-order valence-electron chi connectivity index (χ4n) is 3.49. The fraction of sp³-hybridized carbons (Fsp3) is 0. The smallest absolute Gasteiger partial charge is 0.212 e. The molecule has 5 rings (SSSR count). The van der Waals surface area contributed by atoms with Gasteiger partial charge in [0, 0.05) is 5.02 Å². The topological polar surface area (TPSA) is 123 Å². The van der Waals surface area contributed by atoms with E-state index < -0.39 is 9.84 Å². The third-order valence-electron chi connectivity index (χ3n) is 5.00. The Labute approximate surface area is 193 Å². The van der Waals surface area contributed by atoms with Crippen molar-refractivity contribution in [3.8, 4) is 5.75 Å². The second-order valence-electron chi connectivity index (χ2n) is 7.21. The first kappa shape index (κ1) is 20.9. The van der Waals surface area contributed by atoms with Crippen molar-refractivity contribution in [2.75, 3.05) is 5.73 Å². The lowest BCUT2D eigenvalue weighted by atomic mass is 10.2. The predicted molar refractivity (Wildman–Crippen MR) is 127 cm³/mol. The van der Waals surface area contributed by atoms with E-state index in [1.807, 2.05) is 0 Å². The summed E-state index contributed by atoms with van der Waals surface area (Å²) in [6, 6.07) is 19.4. The third kappa shape index (κ3) is 3.67. The van der Waals surface area contributed by atoms with E-state index in [1.165, 1.54) is 35.2 Å². The molecule has 2 aromatic heterocycles. The van der Waals surface area contributed by atoms with Crippen molar-refractivity contribution >= 4 is 55.7 Å². The SMILES string of the molecule is Nc1c(S(=O)(=O)c2cccc(Cl)c2)c2nc3ccccc3nc2n1/N=C/c1cccc(O)c1. The van der Waals surface area contributed by atoms with Crippen molar-refractivity contribution < 1.29 is 13.5 Å². The summed E-state index contributed by atoms with van der Waals surface area (Å²) in [5.41, 5.74) is 8.28. The second-order valence-corrected chi connectivity index (χ2v) is 9.53. The summed E-state index contributed by atoms with van der Waals surface area (Å²) in [6.45, 7) is 0. The maximum atomic E-state index is 13.6. The standard InChI is InChI=1S/C23H16ClN5O3S/c24-15-6-4-8-17(12-15)33(31,32)21-20-23(28-19-10-2-1-9-18(19)27-20)29(22(21)25)26-13-14-5-3-7-16(30)11-14/h1-13,30H,25H2/b26-13+. The molecule has 8 nitrogen and oxygen atoms in total. The number of nitrogens with two attached hydrogens (primary N) is 1. The molecule has 0 radical (unpaired) electrons. The van der Waals surface area contributed by atoms with Crippen LogP contribution in [0.5, 0.6) is 5.75 Å². The van der Waals surface area contributed by atoms with Crippen LogP contribution in [0.15, 0.2) is 87.7 Å². The summed E-state index contributed by atoms with van der Waals surface area (Å²) in [5, 5.41) is 14.3. The Morgan fingerprint density at radius 3 is 2.42 bits per heavy atom. The van der Waals surface area contributed by atoms with Gasteiger partial charge >= 0.3 is 0 Å². The molecular formula is C23H16ClN5O3S. The number of hydrogen-bond donors (Lipinski definition) is 2. The maximum Gasteiger partial charge on any atom is 0.212 e. The number of phenolic OH excluding ortho intramolecular Hbond substituents is 1. The van der Waals surface area contributed by atoms with Gasteiger partial charge in [-0.25, -0.2) is 18.4 Å². The number of anilines is 1. The van der Waals surface area contributed by atoms with Crippen LogP contribution < -0.4 is 5.73 Å². The predicted octanol–water partition coefficient (Wildman–Crippen LogP) is 4.24. The molecule has 2 heterocycles. The molecule has 0 aliphatic carbocycles. The molecule has 0 fully saturated rings. The normalized spacial score (nSPS) is 12.2. The minimum atomic E-state index is -4.10. The number of nitrogen functional groups attached to an aromatic ring is 1. The maximum absolute atomic E-state index is 13.6. The molecule has 0 saturated carbocycles. The Hall–Kier alpha value is -3.95. The lowest BCUT2D eigenvalue weighted by molar-refractivity contribution is 0.475. The number of fused-ring (bicyclic) bond motifs is 2. The Balaban J connectivity index is 1.81. The summed E-state index contributed by atoms with van der Waals surface area (Å²) >= 11 is 6.04.